The summed E-state index contributed by atoms with van der Waals surface area (Å²) in [5.41, 5.74) is 27.3. The quantitative estimate of drug-likeness (QED) is 0.130. The Morgan fingerprint density at radius 2 is 0.652 bits per heavy atom. The number of pyridine rings is 2. The van der Waals surface area contributed by atoms with Crippen molar-refractivity contribution < 1.29 is 61.2 Å². The average molecular weight is 2090 g/mol. The van der Waals surface area contributed by atoms with Crippen LogP contribution < -0.4 is 0 Å². The molecule has 14 aromatic carbocycles. The van der Waals surface area contributed by atoms with E-state index in [1.807, 2.05) is 24.5 Å². The van der Waals surface area contributed by atoms with Crippen molar-refractivity contribution in [3.63, 3.8) is 0 Å². The molecule has 10 nitrogen and oxygen atoms in total. The molecule has 0 atom stereocenters. The number of phenolic OH excluding ortho intramolecular Hbond substituents is 2. The number of benzene rings is 14. The van der Waals surface area contributed by atoms with E-state index in [0.717, 1.165) is 183 Å². The number of aromatic nitrogens is 6. The van der Waals surface area contributed by atoms with E-state index in [1.165, 1.54) is 21.9 Å². The van der Waals surface area contributed by atoms with Crippen LogP contribution in [0.4, 0.5) is 0 Å². The molecule has 132 heavy (non-hydrogen) atoms. The zero-order valence-corrected chi connectivity index (χ0v) is 83.7. The van der Waals surface area contributed by atoms with Gasteiger partial charge in [-0.2, -0.15) is 0 Å². The minimum absolute atomic E-state index is 0. The monoisotopic (exact) mass is 2090 g/mol. The van der Waals surface area contributed by atoms with Gasteiger partial charge in [0.15, 0.2) is 0 Å². The summed E-state index contributed by atoms with van der Waals surface area (Å²) in [6, 6.07) is 104. The Labute approximate surface area is 803 Å². The first kappa shape index (κ1) is 91.3. The number of aromatic hydroxyl groups is 2. The topological polar surface area (TPSA) is 128 Å². The summed E-state index contributed by atoms with van der Waals surface area (Å²) >= 11 is 0. The molecule has 0 amide bonds. The SMILES string of the molecule is CC(C)(C)c1cc(-c2cccc3c2nc(-c2cc(C(C)(C)C)cc(C(C)(C)C)c2O)n3-c2ccc(C(C)(C)C)cc2-c2ccccc2)[c-]c(-c2nccc3c2oc2ccc4ccccc4c23)c1.CC(C)(C)c1ccc(-n2c(-c3cc(C(C)(C)C)cc(C(C)(C)C)c3O)nc3c(-c4[c-]c(-c5nccc6c5oc5ccc7ccccc7c56)ccc4)cccc32)c(-c2ccccc2)c1.[Pt].[Pt]. The maximum atomic E-state index is 12.6. The minimum Gasteiger partial charge on any atom is -0.507 e. The third kappa shape index (κ3) is 16.6. The molecule has 0 fully saturated rings. The average Bonchev–Trinajstić information content (AvgIpc) is 1.59. The van der Waals surface area contributed by atoms with Crippen molar-refractivity contribution in [2.75, 3.05) is 0 Å². The summed E-state index contributed by atoms with van der Waals surface area (Å²) in [5, 5.41) is 33.9. The van der Waals surface area contributed by atoms with E-state index in [-0.39, 0.29) is 91.5 Å². The summed E-state index contributed by atoms with van der Waals surface area (Å²) in [7, 11) is 0. The van der Waals surface area contributed by atoms with Crippen LogP contribution in [0.2, 0.25) is 0 Å². The number of hydrogen-bond donors (Lipinski definition) is 2. The Morgan fingerprint density at radius 1 is 0.288 bits per heavy atom. The van der Waals surface area contributed by atoms with Crippen LogP contribution in [-0.4, -0.2) is 39.3 Å². The Morgan fingerprint density at radius 3 is 1.08 bits per heavy atom. The molecule has 20 rings (SSSR count). The Balaban J connectivity index is 0.000000182. The van der Waals surface area contributed by atoms with Crippen molar-refractivity contribution in [3.8, 4) is 113 Å². The van der Waals surface area contributed by atoms with Crippen LogP contribution in [0, 0.1) is 12.1 Å². The second-order valence-corrected chi connectivity index (χ2v) is 42.4. The van der Waals surface area contributed by atoms with E-state index in [4.69, 9.17) is 28.8 Å². The fourth-order valence-electron chi connectivity index (χ4n) is 18.6. The number of nitrogens with zero attached hydrogens (tertiary/aromatic N) is 6. The largest absolute Gasteiger partial charge is 0.507 e. The number of fused-ring (bicyclic) bond motifs is 12. The third-order valence-corrected chi connectivity index (χ3v) is 26.0. The summed E-state index contributed by atoms with van der Waals surface area (Å²) in [6.07, 6.45) is 3.75. The molecule has 20 aromatic rings. The number of rotatable bonds is 10. The molecule has 12 heteroatoms. The molecule has 0 aliphatic carbocycles. The van der Waals surface area contributed by atoms with Crippen LogP contribution in [0.25, 0.3) is 189 Å². The van der Waals surface area contributed by atoms with Gasteiger partial charge in [0.05, 0.1) is 44.6 Å². The third-order valence-electron chi connectivity index (χ3n) is 26.0. The standard InChI is InChI=1S/C62H60N3O2.C58H52N3O2.2Pt/c1-59(2,3)41-26-27-50(47(34-41)37-19-14-13-15-20-37)65-51-24-18-23-45(55(51)64-58(65)48-35-43(61(7,8)9)36-49(56(48)66)62(10,11)12)39-31-40(33-42(32-39)60(4,5)6)54-57-46(29-30-63-54)53-44-22-17-16-21-38(44)25-28-52(53)67-57;1-56(2,3)39-26-27-47(44(32-39)35-17-11-10-12-18-35)61-48-24-16-23-42(52(48)60-55(61)45-33-40(57(4,5)6)34-46(53(45)62)58(7,8)9)37-20-15-21-38(31-37)51-54-43(29-30-59-51)50-41-22-14-13-19-36(41)25-28-49(50)63-54;;/h13-30,32-36,66H,1-12H3;10-30,32-34,62H,1-9H3;;/q2*-1;;. The van der Waals surface area contributed by atoms with Crippen LogP contribution >= 0.6 is 0 Å². The molecule has 0 saturated carbocycles. The maximum Gasteiger partial charge on any atom is 0.148 e. The molecule has 6 aromatic heterocycles. The van der Waals surface area contributed by atoms with E-state index in [1.54, 1.807) is 0 Å². The molecule has 0 saturated heterocycles. The number of hydrogen-bond acceptors (Lipinski definition) is 8. The second-order valence-electron chi connectivity index (χ2n) is 42.4. The molecule has 0 spiro atoms. The van der Waals surface area contributed by atoms with E-state index >= 15 is 0 Å². The number of furan rings is 2. The van der Waals surface area contributed by atoms with Gasteiger partial charge in [-0.05, 0) is 166 Å². The van der Waals surface area contributed by atoms with Gasteiger partial charge in [-0.25, -0.2) is 9.97 Å². The van der Waals surface area contributed by atoms with Gasteiger partial charge in [-0.15, -0.1) is 59.2 Å². The molecule has 2 N–H and O–H groups in total. The van der Waals surface area contributed by atoms with Gasteiger partial charge < -0.3 is 19.0 Å². The van der Waals surface area contributed by atoms with Crippen molar-refractivity contribution >= 4 is 87.5 Å². The first-order valence-electron chi connectivity index (χ1n) is 45.4. The normalized spacial score (nSPS) is 12.5. The van der Waals surface area contributed by atoms with Crippen molar-refractivity contribution in [2.45, 2.75) is 183 Å². The molecular weight excluding hydrogens is 1980 g/mol. The minimum atomic E-state index is -0.339. The first-order chi connectivity index (χ1) is 61.7. The number of phenols is 2. The molecule has 0 radical (unpaired) electrons. The molecule has 6 heterocycles. The molecule has 0 unspecified atom stereocenters. The maximum absolute atomic E-state index is 12.6. The van der Waals surface area contributed by atoms with Crippen LogP contribution in [-0.2, 0) is 80.0 Å². The fraction of sp³-hybridized carbons (Fsp3) is 0.233. The van der Waals surface area contributed by atoms with Crippen molar-refractivity contribution in [2.24, 2.45) is 0 Å². The van der Waals surface area contributed by atoms with E-state index < -0.39 is 0 Å². The predicted octanol–water partition coefficient (Wildman–Crippen LogP) is 32.4. The van der Waals surface area contributed by atoms with Gasteiger partial charge in [-0.1, -0.05) is 338 Å². The number of imidazole rings is 2. The van der Waals surface area contributed by atoms with Gasteiger partial charge in [0.1, 0.15) is 45.5 Å². The molecule has 0 aliphatic rings. The molecule has 0 aliphatic heterocycles. The summed E-state index contributed by atoms with van der Waals surface area (Å²) in [4.78, 5) is 21.2. The summed E-state index contributed by atoms with van der Waals surface area (Å²) in [5.74, 6) is 1.83. The smallest absolute Gasteiger partial charge is 0.148 e. The van der Waals surface area contributed by atoms with E-state index in [2.05, 4.69) is 428 Å². The molecular formula is C120H112N6O4Pt2-2. The van der Waals surface area contributed by atoms with Crippen molar-refractivity contribution in [1.29, 1.82) is 0 Å². The van der Waals surface area contributed by atoms with Gasteiger partial charge in [0, 0.05) is 110 Å². The van der Waals surface area contributed by atoms with E-state index in [0.29, 0.717) is 22.8 Å². The van der Waals surface area contributed by atoms with Crippen molar-refractivity contribution in [1.82, 2.24) is 29.1 Å². The van der Waals surface area contributed by atoms with Crippen molar-refractivity contribution in [3.05, 3.63) is 336 Å². The summed E-state index contributed by atoms with van der Waals surface area (Å²) < 4.78 is 17.9. The fourth-order valence-corrected chi connectivity index (χ4v) is 18.6. The number of para-hydroxylation sites is 2. The van der Waals surface area contributed by atoms with Gasteiger partial charge in [0.25, 0.3) is 0 Å². The van der Waals surface area contributed by atoms with Crippen LogP contribution in [0.1, 0.15) is 184 Å². The van der Waals surface area contributed by atoms with Gasteiger partial charge in [-0.3, -0.25) is 19.1 Å². The van der Waals surface area contributed by atoms with Gasteiger partial charge in [0.2, 0.25) is 0 Å². The predicted molar refractivity (Wildman–Crippen MR) is 543 cm³/mol. The van der Waals surface area contributed by atoms with E-state index in [9.17, 15) is 10.2 Å². The Kier molecular flexibility index (Phi) is 23.5. The summed E-state index contributed by atoms with van der Waals surface area (Å²) in [6.45, 7) is 46.6. The molecule has 668 valence electrons. The first-order valence-corrected chi connectivity index (χ1v) is 45.4. The zero-order valence-electron chi connectivity index (χ0n) is 79.2. The molecule has 0 bridgehead atoms. The van der Waals surface area contributed by atoms with Crippen LogP contribution in [0.3, 0.4) is 0 Å². The van der Waals surface area contributed by atoms with Gasteiger partial charge >= 0.3 is 0 Å². The Hall–Kier alpha value is -12.6. The Bertz CT molecular complexity index is 7910. The second kappa shape index (κ2) is 33.9. The van der Waals surface area contributed by atoms with Crippen LogP contribution in [0.15, 0.2) is 294 Å². The van der Waals surface area contributed by atoms with Crippen LogP contribution in [0.5, 0.6) is 11.5 Å². The zero-order chi connectivity index (χ0) is 91.4.